The van der Waals surface area contributed by atoms with Gasteiger partial charge in [0.25, 0.3) is 0 Å². The molecule has 1 aliphatic heterocycles. The standard InChI is InChI=1S/C27H28F5N5O5/c1-6-15-16(41-18(38)7-8-19(39)42-26-24(31)22(29)21(28)23(30)25(26)32)10-17(40-15)37-27-20(13(3)35-37)14(33-11-34-27)9-12(2)36(4)5/h9,11,15-17H,6-8,10H2,1-5H3/b12-9+. The molecule has 0 aliphatic carbocycles. The van der Waals surface area contributed by atoms with Crippen LogP contribution in [0.4, 0.5) is 22.0 Å². The summed E-state index contributed by atoms with van der Waals surface area (Å²) in [5, 5.41) is 5.34. The highest BCUT2D eigenvalue weighted by atomic mass is 19.2. The monoisotopic (exact) mass is 597 g/mol. The zero-order valence-corrected chi connectivity index (χ0v) is 23.4. The number of ether oxygens (including phenoxy) is 3. The summed E-state index contributed by atoms with van der Waals surface area (Å²) in [6.07, 6.45) is 0.815. The smallest absolute Gasteiger partial charge is 0.311 e. The summed E-state index contributed by atoms with van der Waals surface area (Å²) in [5.41, 5.74) is 2.85. The van der Waals surface area contributed by atoms with Crippen LogP contribution in [0.25, 0.3) is 17.1 Å². The van der Waals surface area contributed by atoms with E-state index in [1.807, 2.05) is 45.8 Å². The van der Waals surface area contributed by atoms with E-state index < -0.39 is 78.1 Å². The van der Waals surface area contributed by atoms with Crippen molar-refractivity contribution in [1.82, 2.24) is 24.6 Å². The Labute approximate surface area is 237 Å². The summed E-state index contributed by atoms with van der Waals surface area (Å²) in [7, 11) is 3.82. The number of nitrogens with zero attached hydrogens (tertiary/aromatic N) is 5. The quantitative estimate of drug-likeness (QED) is 0.114. The Morgan fingerprint density at radius 2 is 1.67 bits per heavy atom. The average Bonchev–Trinajstić information content (AvgIpc) is 3.52. The number of allylic oxidation sites excluding steroid dienone is 1. The number of halogens is 5. The fraction of sp³-hybridized carbons (Fsp3) is 0.444. The molecule has 10 nitrogen and oxygen atoms in total. The molecule has 42 heavy (non-hydrogen) atoms. The third kappa shape index (κ3) is 6.05. The van der Waals surface area contributed by atoms with Crippen molar-refractivity contribution in [2.24, 2.45) is 0 Å². The van der Waals surface area contributed by atoms with Crippen molar-refractivity contribution in [2.45, 2.75) is 64.9 Å². The maximum absolute atomic E-state index is 13.8. The van der Waals surface area contributed by atoms with Crippen molar-refractivity contribution < 1.29 is 45.8 Å². The van der Waals surface area contributed by atoms with Gasteiger partial charge in [0.05, 0.1) is 35.7 Å². The van der Waals surface area contributed by atoms with Crippen LogP contribution in [0.3, 0.4) is 0 Å². The SMILES string of the molecule is CCC1OC(n2nc(C)c3c(/C=C(\C)N(C)C)ncnc32)CC1OC(=O)CCC(=O)Oc1c(F)c(F)c(F)c(F)c1F. The molecule has 1 fully saturated rings. The molecule has 2 aromatic heterocycles. The lowest BCUT2D eigenvalue weighted by molar-refractivity contribution is -0.154. The zero-order chi connectivity index (χ0) is 30.9. The van der Waals surface area contributed by atoms with E-state index in [-0.39, 0.29) is 6.42 Å². The van der Waals surface area contributed by atoms with Gasteiger partial charge in [-0.15, -0.1) is 0 Å². The van der Waals surface area contributed by atoms with Gasteiger partial charge in [0.2, 0.25) is 34.8 Å². The zero-order valence-electron chi connectivity index (χ0n) is 23.4. The molecule has 3 heterocycles. The highest BCUT2D eigenvalue weighted by molar-refractivity contribution is 5.86. The molecule has 3 unspecified atom stereocenters. The van der Waals surface area contributed by atoms with Crippen molar-refractivity contribution in [3.8, 4) is 5.75 Å². The number of hydrogen-bond donors (Lipinski definition) is 0. The number of benzene rings is 1. The summed E-state index contributed by atoms with van der Waals surface area (Å²) < 4.78 is 85.0. The van der Waals surface area contributed by atoms with E-state index >= 15 is 0 Å². The molecule has 0 radical (unpaired) electrons. The van der Waals surface area contributed by atoms with Crippen molar-refractivity contribution in [1.29, 1.82) is 0 Å². The lowest BCUT2D eigenvalue weighted by Crippen LogP contribution is -2.27. The first-order chi connectivity index (χ1) is 19.8. The molecule has 0 bridgehead atoms. The van der Waals surface area contributed by atoms with Crippen LogP contribution in [0.15, 0.2) is 12.0 Å². The van der Waals surface area contributed by atoms with Crippen molar-refractivity contribution in [3.63, 3.8) is 0 Å². The second-order valence-corrected chi connectivity index (χ2v) is 9.84. The van der Waals surface area contributed by atoms with Crippen LogP contribution in [-0.2, 0) is 19.1 Å². The van der Waals surface area contributed by atoms with Crippen LogP contribution in [-0.4, -0.2) is 62.9 Å². The summed E-state index contributed by atoms with van der Waals surface area (Å²) in [5.74, 6) is -15.5. The van der Waals surface area contributed by atoms with Gasteiger partial charge in [-0.25, -0.2) is 27.8 Å². The van der Waals surface area contributed by atoms with E-state index in [0.29, 0.717) is 23.5 Å². The third-order valence-electron chi connectivity index (χ3n) is 6.80. The molecular formula is C27H28F5N5O5. The first-order valence-corrected chi connectivity index (χ1v) is 13.0. The van der Waals surface area contributed by atoms with Gasteiger partial charge in [-0.2, -0.15) is 13.9 Å². The molecular weight excluding hydrogens is 569 g/mol. The Morgan fingerprint density at radius 1 is 1.05 bits per heavy atom. The first-order valence-electron chi connectivity index (χ1n) is 13.0. The molecule has 4 rings (SSSR count). The fourth-order valence-corrected chi connectivity index (χ4v) is 4.41. The van der Waals surface area contributed by atoms with Crippen molar-refractivity contribution in [3.05, 3.63) is 52.5 Å². The van der Waals surface area contributed by atoms with Gasteiger partial charge >= 0.3 is 11.9 Å². The van der Waals surface area contributed by atoms with Crippen molar-refractivity contribution >= 4 is 29.0 Å². The van der Waals surface area contributed by atoms with Gasteiger partial charge in [0, 0.05) is 26.2 Å². The van der Waals surface area contributed by atoms with Crippen LogP contribution < -0.4 is 4.74 Å². The molecule has 1 saturated heterocycles. The molecule has 3 atom stereocenters. The number of carbonyl (C=O) groups is 2. The number of rotatable bonds is 9. The highest BCUT2D eigenvalue weighted by Crippen LogP contribution is 2.35. The van der Waals surface area contributed by atoms with Crippen LogP contribution >= 0.6 is 0 Å². The summed E-state index contributed by atoms with van der Waals surface area (Å²) in [4.78, 5) is 35.3. The average molecular weight is 598 g/mol. The summed E-state index contributed by atoms with van der Waals surface area (Å²) in [6.45, 7) is 5.59. The third-order valence-corrected chi connectivity index (χ3v) is 6.80. The van der Waals surface area contributed by atoms with Gasteiger partial charge in [-0.3, -0.25) is 9.59 Å². The topological polar surface area (TPSA) is 109 Å². The van der Waals surface area contributed by atoms with E-state index in [0.717, 1.165) is 11.1 Å². The van der Waals surface area contributed by atoms with Crippen LogP contribution in [0, 0.1) is 36.0 Å². The number of hydrogen-bond acceptors (Lipinski definition) is 9. The second kappa shape index (κ2) is 12.4. The molecule has 1 aromatic carbocycles. The maximum atomic E-state index is 13.8. The number of fused-ring (bicyclic) bond motifs is 1. The van der Waals surface area contributed by atoms with Gasteiger partial charge in [-0.1, -0.05) is 6.92 Å². The van der Waals surface area contributed by atoms with E-state index in [1.54, 1.807) is 4.68 Å². The van der Waals surface area contributed by atoms with E-state index in [9.17, 15) is 31.5 Å². The Bertz CT molecular complexity index is 1530. The van der Waals surface area contributed by atoms with E-state index in [4.69, 9.17) is 9.47 Å². The molecule has 1 aliphatic rings. The van der Waals surface area contributed by atoms with Crippen LogP contribution in [0.5, 0.6) is 5.75 Å². The summed E-state index contributed by atoms with van der Waals surface area (Å²) >= 11 is 0. The Kier molecular flexibility index (Phi) is 9.09. The number of carbonyl (C=O) groups excluding carboxylic acids is 2. The largest absolute Gasteiger partial charge is 0.459 e. The first kappa shape index (κ1) is 30.8. The molecule has 0 saturated carbocycles. The van der Waals surface area contributed by atoms with Gasteiger partial charge in [0.1, 0.15) is 12.4 Å². The van der Waals surface area contributed by atoms with Gasteiger partial charge in [-0.05, 0) is 26.3 Å². The minimum absolute atomic E-state index is 0.210. The van der Waals surface area contributed by atoms with Gasteiger partial charge < -0.3 is 19.1 Å². The molecule has 226 valence electrons. The number of esters is 2. The Hall–Kier alpha value is -4.14. The predicted octanol–water partition coefficient (Wildman–Crippen LogP) is 4.75. The molecule has 15 heteroatoms. The van der Waals surface area contributed by atoms with Gasteiger partial charge in [0.15, 0.2) is 11.9 Å². The normalized spacial score (nSPS) is 18.9. The second-order valence-electron chi connectivity index (χ2n) is 9.84. The Balaban J connectivity index is 1.43. The maximum Gasteiger partial charge on any atom is 0.311 e. The minimum atomic E-state index is -2.39. The van der Waals surface area contributed by atoms with E-state index in [2.05, 4.69) is 19.8 Å². The highest BCUT2D eigenvalue weighted by Gasteiger charge is 2.39. The van der Waals surface area contributed by atoms with Crippen LogP contribution in [0.2, 0.25) is 0 Å². The van der Waals surface area contributed by atoms with E-state index in [1.165, 1.54) is 6.33 Å². The number of aromatic nitrogens is 4. The minimum Gasteiger partial charge on any atom is -0.459 e. The predicted molar refractivity (Wildman–Crippen MR) is 137 cm³/mol. The van der Waals surface area contributed by atoms with Crippen molar-refractivity contribution in [2.75, 3.05) is 14.1 Å². The molecule has 0 spiro atoms. The molecule has 3 aromatic rings. The Morgan fingerprint density at radius 3 is 2.29 bits per heavy atom. The summed E-state index contributed by atoms with van der Waals surface area (Å²) in [6, 6.07) is 0. The lowest BCUT2D eigenvalue weighted by atomic mass is 10.1. The fourth-order valence-electron chi connectivity index (χ4n) is 4.41. The molecule has 0 amide bonds. The van der Waals surface area contributed by atoms with Crippen LogP contribution in [0.1, 0.15) is 57.1 Å². The lowest BCUT2D eigenvalue weighted by Gasteiger charge is -2.17. The number of aryl methyl sites for hydroxylation is 1. The molecule has 0 N–H and O–H groups in total.